The summed E-state index contributed by atoms with van der Waals surface area (Å²) in [6.45, 7) is 4.72. The molecule has 0 saturated heterocycles. The number of halogens is 1. The Hall–Kier alpha value is -3.17. The molecule has 0 saturated carbocycles. The van der Waals surface area contributed by atoms with Crippen molar-refractivity contribution in [2.75, 3.05) is 58.2 Å². The van der Waals surface area contributed by atoms with Gasteiger partial charge in [-0.3, -0.25) is 14.5 Å². The number of ether oxygens (including phenoxy) is 4. The highest BCUT2D eigenvalue weighted by Crippen LogP contribution is 2.36. The van der Waals surface area contributed by atoms with E-state index in [0.29, 0.717) is 52.6 Å². The Morgan fingerprint density at radius 3 is 2.06 bits per heavy atom. The summed E-state index contributed by atoms with van der Waals surface area (Å²) in [5.41, 5.74) is 0.978. The van der Waals surface area contributed by atoms with Crippen molar-refractivity contribution >= 4 is 34.8 Å². The van der Waals surface area contributed by atoms with Crippen molar-refractivity contribution in [3.8, 4) is 23.0 Å². The molecule has 10 heteroatoms. The topological polar surface area (TPSA) is 98.4 Å². The molecule has 0 fully saturated rings. The molecule has 0 unspecified atom stereocenters. The standard InChI is InChI=1S/C23H30ClN3O6/c1-6-32-18-9-8-15(10-21(18)33-7-2)25-22(28)13-27(3)14-23(29)26-17-11-16(24)19(30-4)12-20(17)31-5/h8-12H,6-7,13-14H2,1-5H3,(H,25,28)(H,26,29). The maximum atomic E-state index is 12.5. The van der Waals surface area contributed by atoms with Crippen LogP contribution in [0.2, 0.25) is 5.02 Å². The quantitative estimate of drug-likeness (QED) is 0.479. The van der Waals surface area contributed by atoms with E-state index in [0.717, 1.165) is 0 Å². The molecule has 2 aromatic rings. The first-order chi connectivity index (χ1) is 15.8. The van der Waals surface area contributed by atoms with Crippen LogP contribution in [0, 0.1) is 0 Å². The number of benzene rings is 2. The number of anilines is 2. The summed E-state index contributed by atoms with van der Waals surface area (Å²) in [6, 6.07) is 8.32. The van der Waals surface area contributed by atoms with E-state index in [1.165, 1.54) is 14.2 Å². The van der Waals surface area contributed by atoms with Gasteiger partial charge in [-0.15, -0.1) is 0 Å². The summed E-state index contributed by atoms with van der Waals surface area (Å²) in [6.07, 6.45) is 0. The minimum absolute atomic E-state index is 0.00506. The van der Waals surface area contributed by atoms with Gasteiger partial charge in [0.25, 0.3) is 0 Å². The summed E-state index contributed by atoms with van der Waals surface area (Å²) in [5.74, 6) is 1.40. The van der Waals surface area contributed by atoms with Crippen LogP contribution in [0.5, 0.6) is 23.0 Å². The maximum Gasteiger partial charge on any atom is 0.238 e. The molecule has 0 aromatic heterocycles. The van der Waals surface area contributed by atoms with Crippen molar-refractivity contribution in [3.05, 3.63) is 35.4 Å². The van der Waals surface area contributed by atoms with Crippen LogP contribution in [-0.2, 0) is 9.59 Å². The molecule has 33 heavy (non-hydrogen) atoms. The fraction of sp³-hybridized carbons (Fsp3) is 0.391. The van der Waals surface area contributed by atoms with E-state index in [1.807, 2.05) is 13.8 Å². The minimum atomic E-state index is -0.329. The highest BCUT2D eigenvalue weighted by atomic mass is 35.5. The minimum Gasteiger partial charge on any atom is -0.495 e. The van der Waals surface area contributed by atoms with Gasteiger partial charge in [-0.1, -0.05) is 11.6 Å². The first-order valence-corrected chi connectivity index (χ1v) is 10.8. The van der Waals surface area contributed by atoms with Crippen molar-refractivity contribution < 1.29 is 28.5 Å². The molecule has 0 bridgehead atoms. The summed E-state index contributed by atoms with van der Waals surface area (Å²) in [4.78, 5) is 26.5. The Morgan fingerprint density at radius 2 is 1.45 bits per heavy atom. The Labute approximate surface area is 198 Å². The number of amides is 2. The maximum absolute atomic E-state index is 12.5. The number of carbonyl (C=O) groups is 2. The van der Waals surface area contributed by atoms with Crippen LogP contribution in [0.3, 0.4) is 0 Å². The predicted molar refractivity (Wildman–Crippen MR) is 128 cm³/mol. The molecule has 9 nitrogen and oxygen atoms in total. The van der Waals surface area contributed by atoms with Crippen molar-refractivity contribution in [2.24, 2.45) is 0 Å². The Morgan fingerprint density at radius 1 is 0.848 bits per heavy atom. The van der Waals surface area contributed by atoms with Gasteiger partial charge in [-0.2, -0.15) is 0 Å². The molecule has 0 aliphatic carbocycles. The number of nitrogens with one attached hydrogen (secondary N) is 2. The van der Waals surface area contributed by atoms with Gasteiger partial charge >= 0.3 is 0 Å². The average molecular weight is 480 g/mol. The van der Waals surface area contributed by atoms with Gasteiger partial charge in [0.05, 0.1) is 51.2 Å². The molecule has 0 heterocycles. The second-order valence-electron chi connectivity index (χ2n) is 6.98. The van der Waals surface area contributed by atoms with E-state index in [2.05, 4.69) is 10.6 Å². The van der Waals surface area contributed by atoms with Gasteiger partial charge in [0, 0.05) is 17.8 Å². The predicted octanol–water partition coefficient (Wildman–Crippen LogP) is 3.66. The second kappa shape index (κ2) is 12.8. The molecule has 0 radical (unpaired) electrons. The van der Waals surface area contributed by atoms with Crippen LogP contribution in [0.25, 0.3) is 0 Å². The molecule has 0 aliphatic rings. The van der Waals surface area contributed by atoms with Crippen LogP contribution in [-0.4, -0.2) is 64.3 Å². The molecule has 0 atom stereocenters. The second-order valence-corrected chi connectivity index (χ2v) is 7.39. The number of likely N-dealkylation sites (N-methyl/N-ethyl adjacent to an activating group) is 1. The fourth-order valence-electron chi connectivity index (χ4n) is 3.02. The average Bonchev–Trinajstić information content (AvgIpc) is 2.75. The van der Waals surface area contributed by atoms with Gasteiger partial charge in [0.15, 0.2) is 11.5 Å². The van der Waals surface area contributed by atoms with E-state index in [1.54, 1.807) is 42.3 Å². The van der Waals surface area contributed by atoms with E-state index in [-0.39, 0.29) is 24.9 Å². The number of hydrogen-bond acceptors (Lipinski definition) is 7. The normalized spacial score (nSPS) is 10.5. The molecule has 0 spiro atoms. The fourth-order valence-corrected chi connectivity index (χ4v) is 3.26. The molecule has 2 aromatic carbocycles. The van der Waals surface area contributed by atoms with Gasteiger partial charge in [-0.25, -0.2) is 0 Å². The van der Waals surface area contributed by atoms with Gasteiger partial charge in [0.2, 0.25) is 11.8 Å². The number of nitrogens with zero attached hydrogens (tertiary/aromatic N) is 1. The van der Waals surface area contributed by atoms with Crippen molar-refractivity contribution in [3.63, 3.8) is 0 Å². The van der Waals surface area contributed by atoms with E-state index >= 15 is 0 Å². The highest BCUT2D eigenvalue weighted by Gasteiger charge is 2.16. The van der Waals surface area contributed by atoms with E-state index in [9.17, 15) is 9.59 Å². The van der Waals surface area contributed by atoms with E-state index < -0.39 is 0 Å². The molecule has 180 valence electrons. The Bertz CT molecular complexity index is 969. The van der Waals surface area contributed by atoms with E-state index in [4.69, 9.17) is 30.5 Å². The molecule has 2 rings (SSSR count). The third-order valence-electron chi connectivity index (χ3n) is 4.40. The van der Waals surface area contributed by atoms with Crippen LogP contribution >= 0.6 is 11.6 Å². The lowest BCUT2D eigenvalue weighted by Crippen LogP contribution is -2.36. The Balaban J connectivity index is 1.94. The van der Waals surface area contributed by atoms with Crippen LogP contribution in [0.1, 0.15) is 13.8 Å². The zero-order valence-electron chi connectivity index (χ0n) is 19.5. The summed E-state index contributed by atoms with van der Waals surface area (Å²) >= 11 is 6.14. The number of methoxy groups -OCH3 is 2. The third-order valence-corrected chi connectivity index (χ3v) is 4.70. The van der Waals surface area contributed by atoms with Crippen molar-refractivity contribution in [1.82, 2.24) is 4.90 Å². The SMILES string of the molecule is CCOc1ccc(NC(=O)CN(C)CC(=O)Nc2cc(Cl)c(OC)cc2OC)cc1OCC. The van der Waals surface area contributed by atoms with Crippen LogP contribution in [0.15, 0.2) is 30.3 Å². The van der Waals surface area contributed by atoms with Crippen LogP contribution < -0.4 is 29.6 Å². The van der Waals surface area contributed by atoms with Gasteiger partial charge < -0.3 is 29.6 Å². The first-order valence-electron chi connectivity index (χ1n) is 10.4. The summed E-state index contributed by atoms with van der Waals surface area (Å²) in [7, 11) is 4.64. The number of rotatable bonds is 12. The number of hydrogen-bond donors (Lipinski definition) is 2. The third kappa shape index (κ3) is 7.73. The lowest BCUT2D eigenvalue weighted by atomic mass is 10.2. The van der Waals surface area contributed by atoms with Gasteiger partial charge in [-0.05, 0) is 39.1 Å². The molecular weight excluding hydrogens is 450 g/mol. The largest absolute Gasteiger partial charge is 0.495 e. The lowest BCUT2D eigenvalue weighted by molar-refractivity contribution is -0.119. The summed E-state index contributed by atoms with van der Waals surface area (Å²) in [5, 5.41) is 5.88. The zero-order valence-corrected chi connectivity index (χ0v) is 20.2. The smallest absolute Gasteiger partial charge is 0.238 e. The zero-order chi connectivity index (χ0) is 24.4. The van der Waals surface area contributed by atoms with Gasteiger partial charge in [0.1, 0.15) is 11.5 Å². The number of carbonyl (C=O) groups excluding carboxylic acids is 2. The van der Waals surface area contributed by atoms with Crippen LogP contribution in [0.4, 0.5) is 11.4 Å². The van der Waals surface area contributed by atoms with Crippen molar-refractivity contribution in [1.29, 1.82) is 0 Å². The molecule has 2 amide bonds. The van der Waals surface area contributed by atoms with Crippen molar-refractivity contribution in [2.45, 2.75) is 13.8 Å². The molecule has 0 aliphatic heterocycles. The first kappa shape index (κ1) is 26.1. The molecule has 2 N–H and O–H groups in total. The lowest BCUT2D eigenvalue weighted by Gasteiger charge is -2.18. The monoisotopic (exact) mass is 479 g/mol. The summed E-state index contributed by atoms with van der Waals surface area (Å²) < 4.78 is 21.5. The highest BCUT2D eigenvalue weighted by molar-refractivity contribution is 6.32. The molecular formula is C23H30ClN3O6. The Kier molecular flexibility index (Phi) is 10.1.